The molecular weight excluding hydrogens is 339 g/mol. The van der Waals surface area contributed by atoms with Crippen LogP contribution in [0.15, 0.2) is 16.6 Å². The second kappa shape index (κ2) is 8.57. The number of unbranched alkanes of at least 4 members (excludes halogenated alkanes) is 2. The van der Waals surface area contributed by atoms with Gasteiger partial charge in [0.1, 0.15) is 4.99 Å². The summed E-state index contributed by atoms with van der Waals surface area (Å²) in [6, 6.07) is 3.57. The Kier molecular flexibility index (Phi) is 7.45. The Bertz CT molecular complexity index is 457. The number of nitrogens with two attached hydrogens (primary N) is 1. The quantitative estimate of drug-likeness (QED) is 0.685. The van der Waals surface area contributed by atoms with Gasteiger partial charge >= 0.3 is 0 Å². The Morgan fingerprint density at radius 1 is 1.25 bits per heavy atom. The largest absolute Gasteiger partial charge is 0.389 e. The third kappa shape index (κ3) is 4.42. The molecule has 112 valence electrons. The number of anilines is 1. The molecule has 2 nitrogen and oxygen atoms in total. The molecule has 0 aromatic heterocycles. The van der Waals surface area contributed by atoms with E-state index in [0.717, 1.165) is 38.8 Å². The average molecular weight is 361 g/mol. The van der Waals surface area contributed by atoms with E-state index >= 15 is 0 Å². The molecule has 0 aliphatic carbocycles. The molecule has 0 heterocycles. The van der Waals surface area contributed by atoms with E-state index in [9.17, 15) is 4.39 Å². The number of thiocarbonyl (C=S) groups is 1. The summed E-state index contributed by atoms with van der Waals surface area (Å²) in [5, 5.41) is 0. The molecule has 0 fully saturated rings. The average Bonchev–Trinajstić information content (AvgIpc) is 2.42. The van der Waals surface area contributed by atoms with Gasteiger partial charge in [-0.05, 0) is 40.9 Å². The molecule has 0 spiro atoms. The third-order valence-corrected chi connectivity index (χ3v) is 4.23. The van der Waals surface area contributed by atoms with Crippen LogP contribution < -0.4 is 10.6 Å². The van der Waals surface area contributed by atoms with Crippen molar-refractivity contribution in [2.75, 3.05) is 18.0 Å². The maximum atomic E-state index is 14.5. The Balaban J connectivity index is 3.06. The third-order valence-electron chi connectivity index (χ3n) is 3.23. The van der Waals surface area contributed by atoms with Crippen molar-refractivity contribution in [2.24, 2.45) is 5.73 Å². The first-order valence-corrected chi connectivity index (χ1v) is 8.25. The van der Waals surface area contributed by atoms with E-state index in [1.54, 1.807) is 12.1 Å². The molecule has 1 aromatic rings. The van der Waals surface area contributed by atoms with Gasteiger partial charge in [0.2, 0.25) is 0 Å². The van der Waals surface area contributed by atoms with Gasteiger partial charge in [-0.3, -0.25) is 0 Å². The van der Waals surface area contributed by atoms with E-state index < -0.39 is 0 Å². The molecule has 0 radical (unpaired) electrons. The summed E-state index contributed by atoms with van der Waals surface area (Å²) < 4.78 is 14.9. The van der Waals surface area contributed by atoms with Crippen molar-refractivity contribution in [1.29, 1.82) is 0 Å². The van der Waals surface area contributed by atoms with Crippen LogP contribution in [0.3, 0.4) is 0 Å². The highest BCUT2D eigenvalue weighted by atomic mass is 79.9. The van der Waals surface area contributed by atoms with Gasteiger partial charge < -0.3 is 10.6 Å². The van der Waals surface area contributed by atoms with Crippen LogP contribution in [0.4, 0.5) is 10.1 Å². The Morgan fingerprint density at radius 3 is 2.25 bits per heavy atom. The lowest BCUT2D eigenvalue weighted by Crippen LogP contribution is -2.27. The molecule has 2 N–H and O–H groups in total. The molecule has 0 bridgehead atoms. The zero-order chi connectivity index (χ0) is 15.1. The van der Waals surface area contributed by atoms with Crippen molar-refractivity contribution >= 4 is 38.8 Å². The van der Waals surface area contributed by atoms with Crippen molar-refractivity contribution in [3.8, 4) is 0 Å². The van der Waals surface area contributed by atoms with Crippen LogP contribution in [0, 0.1) is 5.82 Å². The van der Waals surface area contributed by atoms with E-state index in [0.29, 0.717) is 15.7 Å². The molecule has 5 heteroatoms. The van der Waals surface area contributed by atoms with Gasteiger partial charge in [-0.1, -0.05) is 38.9 Å². The van der Waals surface area contributed by atoms with Gasteiger partial charge in [-0.25, -0.2) is 4.39 Å². The molecule has 0 saturated carbocycles. The van der Waals surface area contributed by atoms with Crippen molar-refractivity contribution < 1.29 is 4.39 Å². The molecule has 0 saturated heterocycles. The van der Waals surface area contributed by atoms with Crippen LogP contribution >= 0.6 is 28.1 Å². The lowest BCUT2D eigenvalue weighted by Gasteiger charge is -2.26. The highest BCUT2D eigenvalue weighted by Gasteiger charge is 2.17. The molecule has 0 aliphatic heterocycles. The van der Waals surface area contributed by atoms with Gasteiger partial charge in [0.25, 0.3) is 0 Å². The fourth-order valence-corrected chi connectivity index (χ4v) is 2.87. The number of benzene rings is 1. The maximum Gasteiger partial charge on any atom is 0.161 e. The van der Waals surface area contributed by atoms with Crippen LogP contribution in [-0.2, 0) is 0 Å². The summed E-state index contributed by atoms with van der Waals surface area (Å²) in [5.74, 6) is -0.275. The molecular formula is C15H22BrFN2S. The van der Waals surface area contributed by atoms with E-state index in [2.05, 4.69) is 34.7 Å². The summed E-state index contributed by atoms with van der Waals surface area (Å²) in [5.41, 5.74) is 6.76. The van der Waals surface area contributed by atoms with Crippen molar-refractivity contribution in [1.82, 2.24) is 0 Å². The molecule has 0 amide bonds. The SMILES string of the molecule is CCCCN(CCCC)c1ccc(C(N)=S)c(Br)c1F. The smallest absolute Gasteiger partial charge is 0.161 e. The Morgan fingerprint density at radius 2 is 1.80 bits per heavy atom. The Hall–Kier alpha value is -0.680. The van der Waals surface area contributed by atoms with Crippen LogP contribution in [-0.4, -0.2) is 18.1 Å². The van der Waals surface area contributed by atoms with Crippen molar-refractivity contribution in [3.05, 3.63) is 28.0 Å². The Labute approximate surface area is 134 Å². The van der Waals surface area contributed by atoms with Gasteiger partial charge in [0.05, 0.1) is 10.2 Å². The highest BCUT2D eigenvalue weighted by Crippen LogP contribution is 2.30. The molecule has 0 atom stereocenters. The van der Waals surface area contributed by atoms with Crippen molar-refractivity contribution in [2.45, 2.75) is 39.5 Å². The normalized spacial score (nSPS) is 10.6. The standard InChI is InChI=1S/C15H22BrFN2S/c1-3-5-9-19(10-6-4-2)12-8-7-11(15(18)20)13(16)14(12)17/h7-8H,3-6,9-10H2,1-2H3,(H2,18,20). The summed E-state index contributed by atoms with van der Waals surface area (Å²) >= 11 is 8.19. The van der Waals surface area contributed by atoms with Crippen LogP contribution in [0.1, 0.15) is 45.1 Å². The summed E-state index contributed by atoms with van der Waals surface area (Å²) in [7, 11) is 0. The number of hydrogen-bond donors (Lipinski definition) is 1. The molecule has 1 rings (SSSR count). The number of hydrogen-bond acceptors (Lipinski definition) is 2. The van der Waals surface area contributed by atoms with Gasteiger partial charge in [-0.15, -0.1) is 0 Å². The lowest BCUT2D eigenvalue weighted by molar-refractivity contribution is 0.599. The van der Waals surface area contributed by atoms with E-state index in [1.165, 1.54) is 0 Å². The summed E-state index contributed by atoms with van der Waals surface area (Å²) in [4.78, 5) is 2.31. The van der Waals surface area contributed by atoms with Crippen molar-refractivity contribution in [3.63, 3.8) is 0 Å². The van der Waals surface area contributed by atoms with Crippen LogP contribution in [0.2, 0.25) is 0 Å². The maximum absolute atomic E-state index is 14.5. The zero-order valence-electron chi connectivity index (χ0n) is 12.1. The molecule has 0 unspecified atom stereocenters. The molecule has 1 aromatic carbocycles. The fraction of sp³-hybridized carbons (Fsp3) is 0.533. The first-order valence-electron chi connectivity index (χ1n) is 7.05. The number of rotatable bonds is 8. The molecule has 20 heavy (non-hydrogen) atoms. The second-order valence-corrected chi connectivity index (χ2v) is 6.05. The first-order chi connectivity index (χ1) is 9.52. The fourth-order valence-electron chi connectivity index (χ4n) is 2.02. The monoisotopic (exact) mass is 360 g/mol. The van der Waals surface area contributed by atoms with Gasteiger partial charge in [0, 0.05) is 18.7 Å². The zero-order valence-corrected chi connectivity index (χ0v) is 14.5. The molecule has 0 aliphatic rings. The minimum absolute atomic E-state index is 0.205. The lowest BCUT2D eigenvalue weighted by atomic mass is 10.1. The predicted molar refractivity (Wildman–Crippen MR) is 92.0 cm³/mol. The van der Waals surface area contributed by atoms with Crippen LogP contribution in [0.25, 0.3) is 0 Å². The minimum atomic E-state index is -0.275. The number of nitrogens with zero attached hydrogens (tertiary/aromatic N) is 1. The summed E-state index contributed by atoms with van der Waals surface area (Å²) in [6.07, 6.45) is 4.29. The summed E-state index contributed by atoms with van der Waals surface area (Å²) in [6.45, 7) is 6.01. The van der Waals surface area contributed by atoms with E-state index in [-0.39, 0.29) is 10.8 Å². The topological polar surface area (TPSA) is 29.3 Å². The second-order valence-electron chi connectivity index (χ2n) is 4.82. The van der Waals surface area contributed by atoms with Gasteiger partial charge in [-0.2, -0.15) is 0 Å². The predicted octanol–water partition coefficient (Wildman–Crippen LogP) is 4.63. The first kappa shape index (κ1) is 17.4. The van der Waals surface area contributed by atoms with E-state index in [4.69, 9.17) is 18.0 Å². The van der Waals surface area contributed by atoms with Crippen LogP contribution in [0.5, 0.6) is 0 Å². The highest BCUT2D eigenvalue weighted by molar-refractivity contribution is 9.10. The van der Waals surface area contributed by atoms with Gasteiger partial charge in [0.15, 0.2) is 5.82 Å². The number of halogens is 2. The minimum Gasteiger partial charge on any atom is -0.389 e. The van der Waals surface area contributed by atoms with E-state index in [1.807, 2.05) is 0 Å².